The molecule has 0 spiro atoms. The van der Waals surface area contributed by atoms with Crippen LogP contribution in [0.3, 0.4) is 0 Å². The van der Waals surface area contributed by atoms with E-state index in [1.807, 2.05) is 0 Å². The Morgan fingerprint density at radius 3 is 2.50 bits per heavy atom. The molecule has 0 aliphatic heterocycles. The number of rotatable bonds is 0. The van der Waals surface area contributed by atoms with Crippen molar-refractivity contribution in [3.05, 3.63) is 5.56 Å². The molecule has 8 heavy (non-hydrogen) atoms. The minimum absolute atomic E-state index is 0.0486. The quantitative estimate of drug-likeness (QED) is 0.544. The Labute approximate surface area is 50.9 Å². The lowest BCUT2D eigenvalue weighted by molar-refractivity contribution is 0.456. The predicted octanol–water partition coefficient (Wildman–Crippen LogP) is 0.739. The first kappa shape index (κ1) is 5.37. The van der Waals surface area contributed by atoms with Gasteiger partial charge in [0.25, 0.3) is 0 Å². The van der Waals surface area contributed by atoms with Gasteiger partial charge in [-0.3, -0.25) is 0 Å². The van der Waals surface area contributed by atoms with Crippen LogP contribution in [-0.4, -0.2) is 9.48 Å². The van der Waals surface area contributed by atoms with Crippen LogP contribution in [-0.2, 0) is 0 Å². The molecule has 1 heterocycles. The zero-order valence-electron chi connectivity index (χ0n) is 4.38. The van der Waals surface area contributed by atoms with E-state index in [0.29, 0.717) is 10.6 Å². The van der Waals surface area contributed by atoms with Crippen LogP contribution in [0.15, 0.2) is 0 Å². The maximum atomic E-state index is 8.76. The highest BCUT2D eigenvalue weighted by Gasteiger charge is 2.01. The lowest BCUT2D eigenvalue weighted by atomic mass is 10.4. The summed E-state index contributed by atoms with van der Waals surface area (Å²) in [6.45, 7) is 1.73. The highest BCUT2D eigenvalue weighted by atomic mass is 32.1. The standard InChI is InChI=1S/C4H6N2OS/c1-2-3(5)8-6-4(2)7/h5H2,1H3,(H,6,7). The lowest BCUT2D eigenvalue weighted by Gasteiger charge is -1.83. The maximum Gasteiger partial charge on any atom is 0.227 e. The Balaban J connectivity index is 3.19. The monoisotopic (exact) mass is 130 g/mol. The van der Waals surface area contributed by atoms with Gasteiger partial charge in [-0.05, 0) is 18.5 Å². The molecule has 4 heteroatoms. The molecule has 0 aliphatic carbocycles. The van der Waals surface area contributed by atoms with E-state index in [1.54, 1.807) is 6.92 Å². The zero-order chi connectivity index (χ0) is 6.15. The van der Waals surface area contributed by atoms with Gasteiger partial charge in [0.1, 0.15) is 5.00 Å². The molecule has 0 amide bonds. The van der Waals surface area contributed by atoms with Gasteiger partial charge in [-0.1, -0.05) is 0 Å². The predicted molar refractivity (Wildman–Crippen MR) is 32.9 cm³/mol. The molecule has 0 aromatic carbocycles. The number of nitrogen functional groups attached to an aromatic ring is 1. The summed E-state index contributed by atoms with van der Waals surface area (Å²) in [5.74, 6) is 0.0486. The van der Waals surface area contributed by atoms with Gasteiger partial charge in [0.2, 0.25) is 5.88 Å². The topological polar surface area (TPSA) is 59.1 Å². The SMILES string of the molecule is Cc1c(O)nsc1N. The number of nitrogens with two attached hydrogens (primary N) is 1. The van der Waals surface area contributed by atoms with Crippen molar-refractivity contribution in [2.24, 2.45) is 0 Å². The molecule has 0 saturated carbocycles. The molecule has 0 radical (unpaired) electrons. The third kappa shape index (κ3) is 0.626. The minimum atomic E-state index is 0.0486. The number of aromatic nitrogens is 1. The molecule has 0 atom stereocenters. The van der Waals surface area contributed by atoms with Gasteiger partial charge in [-0.2, -0.15) is 4.37 Å². The molecule has 1 aromatic heterocycles. The van der Waals surface area contributed by atoms with Crippen LogP contribution in [0.25, 0.3) is 0 Å². The summed E-state index contributed by atoms with van der Waals surface area (Å²) < 4.78 is 3.59. The average Bonchev–Trinajstić information content (AvgIpc) is 1.98. The molecule has 3 nitrogen and oxygen atoms in total. The van der Waals surface area contributed by atoms with E-state index in [-0.39, 0.29) is 5.88 Å². The molecule has 0 unspecified atom stereocenters. The van der Waals surface area contributed by atoms with Gasteiger partial charge < -0.3 is 10.8 Å². The molecule has 0 aliphatic rings. The highest BCUT2D eigenvalue weighted by Crippen LogP contribution is 2.24. The lowest BCUT2D eigenvalue weighted by Crippen LogP contribution is -1.79. The molecular weight excluding hydrogens is 124 g/mol. The normalized spacial score (nSPS) is 9.62. The molecule has 0 bridgehead atoms. The smallest absolute Gasteiger partial charge is 0.227 e. The van der Waals surface area contributed by atoms with Crippen LogP contribution in [0.5, 0.6) is 5.88 Å². The molecule has 0 fully saturated rings. The third-order valence-electron chi connectivity index (χ3n) is 0.935. The Hall–Kier alpha value is -0.770. The van der Waals surface area contributed by atoms with E-state index < -0.39 is 0 Å². The molecule has 3 N–H and O–H groups in total. The van der Waals surface area contributed by atoms with Crippen molar-refractivity contribution in [3.8, 4) is 5.88 Å². The van der Waals surface area contributed by atoms with Crippen LogP contribution in [0, 0.1) is 6.92 Å². The van der Waals surface area contributed by atoms with E-state index in [9.17, 15) is 0 Å². The number of nitrogens with zero attached hydrogens (tertiary/aromatic N) is 1. The van der Waals surface area contributed by atoms with Crippen LogP contribution in [0.2, 0.25) is 0 Å². The van der Waals surface area contributed by atoms with Gasteiger partial charge in [0.05, 0.1) is 0 Å². The first-order chi connectivity index (χ1) is 3.72. The molecule has 44 valence electrons. The Morgan fingerprint density at radius 1 is 1.75 bits per heavy atom. The van der Waals surface area contributed by atoms with E-state index in [4.69, 9.17) is 10.8 Å². The summed E-state index contributed by atoms with van der Waals surface area (Å²) in [5, 5.41) is 9.35. The fraction of sp³-hybridized carbons (Fsp3) is 0.250. The van der Waals surface area contributed by atoms with Crippen molar-refractivity contribution < 1.29 is 5.11 Å². The Bertz CT molecular complexity index is 176. The largest absolute Gasteiger partial charge is 0.492 e. The van der Waals surface area contributed by atoms with E-state index >= 15 is 0 Å². The molecule has 0 saturated heterocycles. The second-order valence-electron chi connectivity index (χ2n) is 1.50. The van der Waals surface area contributed by atoms with Crippen molar-refractivity contribution in [3.63, 3.8) is 0 Å². The van der Waals surface area contributed by atoms with Crippen molar-refractivity contribution in [2.45, 2.75) is 6.92 Å². The van der Waals surface area contributed by atoms with E-state index in [2.05, 4.69) is 4.37 Å². The molecule has 1 aromatic rings. The summed E-state index contributed by atoms with van der Waals surface area (Å²) in [5.41, 5.74) is 6.01. The van der Waals surface area contributed by atoms with Crippen molar-refractivity contribution >= 4 is 16.5 Å². The Kier molecular flexibility index (Phi) is 1.09. The van der Waals surface area contributed by atoms with Gasteiger partial charge in [0, 0.05) is 5.56 Å². The van der Waals surface area contributed by atoms with Gasteiger partial charge in [-0.25, -0.2) is 0 Å². The van der Waals surface area contributed by atoms with Gasteiger partial charge >= 0.3 is 0 Å². The summed E-state index contributed by atoms with van der Waals surface area (Å²) in [6.07, 6.45) is 0. The van der Waals surface area contributed by atoms with Crippen LogP contribution >= 0.6 is 11.5 Å². The summed E-state index contributed by atoms with van der Waals surface area (Å²) in [4.78, 5) is 0. The number of hydrogen-bond acceptors (Lipinski definition) is 4. The number of hydrogen-bond donors (Lipinski definition) is 2. The van der Waals surface area contributed by atoms with Crippen molar-refractivity contribution in [1.29, 1.82) is 0 Å². The van der Waals surface area contributed by atoms with Gasteiger partial charge in [-0.15, -0.1) is 0 Å². The zero-order valence-corrected chi connectivity index (χ0v) is 5.20. The van der Waals surface area contributed by atoms with Crippen LogP contribution in [0.4, 0.5) is 5.00 Å². The van der Waals surface area contributed by atoms with E-state index in [0.717, 1.165) is 11.5 Å². The highest BCUT2D eigenvalue weighted by molar-refractivity contribution is 7.10. The average molecular weight is 130 g/mol. The first-order valence-electron chi connectivity index (χ1n) is 2.12. The second kappa shape index (κ2) is 1.63. The second-order valence-corrected chi connectivity index (χ2v) is 2.30. The number of aromatic hydroxyl groups is 1. The summed E-state index contributed by atoms with van der Waals surface area (Å²) >= 11 is 1.11. The van der Waals surface area contributed by atoms with Gasteiger partial charge in [0.15, 0.2) is 0 Å². The third-order valence-corrected chi connectivity index (χ3v) is 1.70. The fourth-order valence-corrected chi connectivity index (χ4v) is 0.889. The molecule has 1 rings (SSSR count). The summed E-state index contributed by atoms with van der Waals surface area (Å²) in [7, 11) is 0. The van der Waals surface area contributed by atoms with Crippen LogP contribution < -0.4 is 5.73 Å². The maximum absolute atomic E-state index is 8.76. The minimum Gasteiger partial charge on any atom is -0.492 e. The number of anilines is 1. The summed E-state index contributed by atoms with van der Waals surface area (Å²) in [6, 6.07) is 0. The Morgan fingerprint density at radius 2 is 2.38 bits per heavy atom. The first-order valence-corrected chi connectivity index (χ1v) is 2.90. The van der Waals surface area contributed by atoms with E-state index in [1.165, 1.54) is 0 Å². The fourth-order valence-electron chi connectivity index (χ4n) is 0.340. The molecular formula is C4H6N2OS. The van der Waals surface area contributed by atoms with Crippen molar-refractivity contribution in [2.75, 3.05) is 5.73 Å². The van der Waals surface area contributed by atoms with Crippen LogP contribution in [0.1, 0.15) is 5.56 Å². The van der Waals surface area contributed by atoms with Crippen molar-refractivity contribution in [1.82, 2.24) is 4.37 Å².